The van der Waals surface area contributed by atoms with Gasteiger partial charge in [-0.05, 0) is 76.6 Å². The fraction of sp³-hybridized carbons (Fsp3) is 0.156. The smallest absolute Gasteiger partial charge is 0.306 e. The number of aliphatic carboxylic acids is 1. The first kappa shape index (κ1) is 24.0. The van der Waals surface area contributed by atoms with E-state index in [0.29, 0.717) is 13.0 Å². The zero-order valence-electron chi connectivity index (χ0n) is 20.1. The van der Waals surface area contributed by atoms with Crippen LogP contribution in [0.5, 0.6) is 5.75 Å². The summed E-state index contributed by atoms with van der Waals surface area (Å²) in [7, 11) is 0. The molecule has 0 saturated heterocycles. The summed E-state index contributed by atoms with van der Waals surface area (Å²) >= 11 is 0. The summed E-state index contributed by atoms with van der Waals surface area (Å²) in [6.07, 6.45) is 2.59. The van der Waals surface area contributed by atoms with Crippen molar-refractivity contribution in [1.29, 1.82) is 0 Å². The van der Waals surface area contributed by atoms with Crippen LogP contribution in [0.1, 0.15) is 25.0 Å². The number of carboxylic acid groups (broad SMARTS) is 1. The third-order valence-corrected chi connectivity index (χ3v) is 6.17. The van der Waals surface area contributed by atoms with Crippen molar-refractivity contribution in [3.05, 3.63) is 120 Å². The van der Waals surface area contributed by atoms with Gasteiger partial charge in [-0.3, -0.25) is 4.79 Å². The van der Waals surface area contributed by atoms with E-state index < -0.39 is 11.9 Å². The number of rotatable bonds is 9. The monoisotopic (exact) mass is 462 g/mol. The maximum absolute atomic E-state index is 11.0. The zero-order chi connectivity index (χ0) is 24.6. The number of allylic oxidation sites excluding steroid dienone is 1. The summed E-state index contributed by atoms with van der Waals surface area (Å²) in [6.45, 7) is 4.27. The molecule has 3 nitrogen and oxygen atoms in total. The molecule has 35 heavy (non-hydrogen) atoms. The number of benzene rings is 4. The van der Waals surface area contributed by atoms with Gasteiger partial charge < -0.3 is 9.84 Å². The van der Waals surface area contributed by atoms with Gasteiger partial charge >= 0.3 is 5.97 Å². The number of hydrogen-bond acceptors (Lipinski definition) is 2. The minimum Gasteiger partial charge on any atom is -0.490 e. The van der Waals surface area contributed by atoms with Crippen LogP contribution in [-0.4, -0.2) is 17.7 Å². The number of ether oxygens (including phenoxy) is 1. The van der Waals surface area contributed by atoms with Gasteiger partial charge in [-0.15, -0.1) is 0 Å². The van der Waals surface area contributed by atoms with Crippen molar-refractivity contribution in [3.8, 4) is 28.0 Å². The van der Waals surface area contributed by atoms with E-state index in [4.69, 9.17) is 9.84 Å². The highest BCUT2D eigenvalue weighted by molar-refractivity contribution is 5.74. The molecule has 0 fully saturated rings. The molecule has 1 atom stereocenters. The molecule has 0 aliphatic rings. The molecule has 0 radical (unpaired) electrons. The first-order valence-corrected chi connectivity index (χ1v) is 11.9. The summed E-state index contributed by atoms with van der Waals surface area (Å²) in [5.41, 5.74) is 8.13. The second-order valence-corrected chi connectivity index (χ2v) is 8.81. The van der Waals surface area contributed by atoms with Crippen LogP contribution in [-0.2, 0) is 11.2 Å². The molecule has 4 aromatic rings. The Labute approximate surface area is 207 Å². The second-order valence-electron chi connectivity index (χ2n) is 8.81. The summed E-state index contributed by atoms with van der Waals surface area (Å²) in [5, 5.41) is 9.06. The highest BCUT2D eigenvalue weighted by atomic mass is 16.5. The lowest BCUT2D eigenvalue weighted by Gasteiger charge is -2.09. The van der Waals surface area contributed by atoms with Crippen molar-refractivity contribution in [2.24, 2.45) is 5.92 Å². The summed E-state index contributed by atoms with van der Waals surface area (Å²) in [4.78, 5) is 11.0. The van der Waals surface area contributed by atoms with Gasteiger partial charge in [0, 0.05) is 0 Å². The van der Waals surface area contributed by atoms with E-state index in [1.165, 1.54) is 22.3 Å². The van der Waals surface area contributed by atoms with Gasteiger partial charge in [0.1, 0.15) is 12.4 Å². The molecule has 0 saturated carbocycles. The summed E-state index contributed by atoms with van der Waals surface area (Å²) in [6, 6.07) is 35.3. The molecule has 0 amide bonds. The molecular weight excluding hydrogens is 432 g/mol. The van der Waals surface area contributed by atoms with Crippen LogP contribution in [0.3, 0.4) is 0 Å². The Morgan fingerprint density at radius 1 is 0.800 bits per heavy atom. The van der Waals surface area contributed by atoms with Crippen LogP contribution in [0.15, 0.2) is 109 Å². The molecule has 176 valence electrons. The Kier molecular flexibility index (Phi) is 7.79. The minimum atomic E-state index is -0.778. The third kappa shape index (κ3) is 6.48. The Balaban J connectivity index is 1.36. The standard InChI is InChI=1S/C32H30O3/c1-23(19-20-35-31-17-11-25(12-18-31)21-24(2)32(33)34)26-13-15-28(16-14-26)30-10-6-9-29(22-30)27-7-4-3-5-8-27/h3-19,22,24H,20-21H2,1-2H3,(H,33,34)/b23-19+. The maximum atomic E-state index is 11.0. The molecule has 3 heteroatoms. The Morgan fingerprint density at radius 3 is 2.03 bits per heavy atom. The molecular formula is C32H30O3. The lowest BCUT2D eigenvalue weighted by molar-refractivity contribution is -0.141. The largest absolute Gasteiger partial charge is 0.490 e. The molecule has 1 N–H and O–H groups in total. The maximum Gasteiger partial charge on any atom is 0.306 e. The molecule has 0 spiro atoms. The Morgan fingerprint density at radius 2 is 1.40 bits per heavy atom. The predicted octanol–water partition coefficient (Wildman–Crippen LogP) is 7.77. The van der Waals surface area contributed by atoms with E-state index in [9.17, 15) is 4.79 Å². The molecule has 4 rings (SSSR count). The van der Waals surface area contributed by atoms with Crippen LogP contribution in [0, 0.1) is 5.92 Å². The fourth-order valence-electron chi connectivity index (χ4n) is 3.98. The van der Waals surface area contributed by atoms with Crippen molar-refractivity contribution in [1.82, 2.24) is 0 Å². The van der Waals surface area contributed by atoms with E-state index in [-0.39, 0.29) is 0 Å². The Bertz CT molecular complexity index is 1290. The fourth-order valence-corrected chi connectivity index (χ4v) is 3.98. The van der Waals surface area contributed by atoms with Crippen molar-refractivity contribution in [3.63, 3.8) is 0 Å². The first-order valence-electron chi connectivity index (χ1n) is 11.9. The van der Waals surface area contributed by atoms with Crippen molar-refractivity contribution >= 4 is 11.5 Å². The van der Waals surface area contributed by atoms with E-state index in [1.807, 2.05) is 30.3 Å². The first-order chi connectivity index (χ1) is 17.0. The number of carbonyl (C=O) groups is 1. The van der Waals surface area contributed by atoms with Gasteiger partial charge in [0.25, 0.3) is 0 Å². The van der Waals surface area contributed by atoms with Crippen LogP contribution in [0.4, 0.5) is 0 Å². The molecule has 1 unspecified atom stereocenters. The van der Waals surface area contributed by atoms with E-state index in [1.54, 1.807) is 6.92 Å². The molecule has 0 aliphatic carbocycles. The van der Waals surface area contributed by atoms with Gasteiger partial charge in [-0.25, -0.2) is 0 Å². The molecule has 0 aromatic heterocycles. The molecule has 0 heterocycles. The van der Waals surface area contributed by atoms with Crippen LogP contribution in [0.25, 0.3) is 27.8 Å². The highest BCUT2D eigenvalue weighted by Gasteiger charge is 2.11. The van der Waals surface area contributed by atoms with E-state index in [2.05, 4.69) is 85.8 Å². The summed E-state index contributed by atoms with van der Waals surface area (Å²) in [5.74, 6) is -0.402. The third-order valence-electron chi connectivity index (χ3n) is 6.17. The molecule has 0 aliphatic heterocycles. The van der Waals surface area contributed by atoms with Gasteiger partial charge in [-0.1, -0.05) is 91.9 Å². The lowest BCUT2D eigenvalue weighted by atomic mass is 9.97. The van der Waals surface area contributed by atoms with Crippen molar-refractivity contribution in [2.45, 2.75) is 20.3 Å². The number of hydrogen-bond donors (Lipinski definition) is 1. The topological polar surface area (TPSA) is 46.5 Å². The van der Waals surface area contributed by atoms with Gasteiger partial charge in [0.2, 0.25) is 0 Å². The van der Waals surface area contributed by atoms with Crippen LogP contribution < -0.4 is 4.74 Å². The van der Waals surface area contributed by atoms with Crippen LogP contribution >= 0.6 is 0 Å². The zero-order valence-corrected chi connectivity index (χ0v) is 20.1. The normalized spacial score (nSPS) is 12.2. The SMILES string of the molecule is C/C(=C\COc1ccc(CC(C)C(=O)O)cc1)c1ccc(-c2cccc(-c3ccccc3)c2)cc1. The highest BCUT2D eigenvalue weighted by Crippen LogP contribution is 2.27. The minimum absolute atomic E-state index is 0.397. The Hall–Kier alpha value is -4.11. The van der Waals surface area contributed by atoms with Crippen LogP contribution in [0.2, 0.25) is 0 Å². The van der Waals surface area contributed by atoms with Crippen molar-refractivity contribution in [2.75, 3.05) is 6.61 Å². The quantitative estimate of drug-likeness (QED) is 0.276. The average Bonchev–Trinajstić information content (AvgIpc) is 2.90. The molecule has 4 aromatic carbocycles. The second kappa shape index (κ2) is 11.3. The van der Waals surface area contributed by atoms with Gasteiger partial charge in [0.15, 0.2) is 0 Å². The molecule has 0 bridgehead atoms. The van der Waals surface area contributed by atoms with Gasteiger partial charge in [0.05, 0.1) is 5.92 Å². The number of carboxylic acids is 1. The van der Waals surface area contributed by atoms with E-state index in [0.717, 1.165) is 22.4 Å². The van der Waals surface area contributed by atoms with Crippen molar-refractivity contribution < 1.29 is 14.6 Å². The predicted molar refractivity (Wildman–Crippen MR) is 143 cm³/mol. The summed E-state index contributed by atoms with van der Waals surface area (Å²) < 4.78 is 5.86. The van der Waals surface area contributed by atoms with E-state index >= 15 is 0 Å². The average molecular weight is 463 g/mol. The lowest BCUT2D eigenvalue weighted by Crippen LogP contribution is -2.12. The van der Waals surface area contributed by atoms with Gasteiger partial charge in [-0.2, -0.15) is 0 Å².